The van der Waals surface area contributed by atoms with Crippen molar-refractivity contribution >= 4 is 11.6 Å². The molecule has 16 heavy (non-hydrogen) atoms. The van der Waals surface area contributed by atoms with Gasteiger partial charge in [-0.1, -0.05) is 23.7 Å². The molecule has 90 valence electrons. The van der Waals surface area contributed by atoms with E-state index >= 15 is 0 Å². The molecule has 0 heterocycles. The summed E-state index contributed by atoms with van der Waals surface area (Å²) < 4.78 is 0. The van der Waals surface area contributed by atoms with E-state index in [0.29, 0.717) is 5.02 Å². The predicted octanol–water partition coefficient (Wildman–Crippen LogP) is 1.54. The van der Waals surface area contributed by atoms with Crippen molar-refractivity contribution in [2.75, 3.05) is 27.3 Å². The highest BCUT2D eigenvalue weighted by atomic mass is 35.5. The Morgan fingerprint density at radius 1 is 1.25 bits per heavy atom. The second kappa shape index (κ2) is 6.21. The maximum absolute atomic E-state index is 9.26. The fourth-order valence-corrected chi connectivity index (χ4v) is 2.14. The summed E-state index contributed by atoms with van der Waals surface area (Å²) in [4.78, 5) is 1.97. The molecular weight excluding hydrogens is 226 g/mol. The summed E-state index contributed by atoms with van der Waals surface area (Å²) in [5.74, 6) is -0.200. The Kier molecular flexibility index (Phi) is 5.22. The van der Waals surface area contributed by atoms with Crippen LogP contribution in [-0.2, 0) is 0 Å². The van der Waals surface area contributed by atoms with Gasteiger partial charge in [-0.05, 0) is 31.8 Å². The Bertz CT molecular complexity index is 327. The van der Waals surface area contributed by atoms with E-state index in [2.05, 4.69) is 0 Å². The summed E-state index contributed by atoms with van der Waals surface area (Å²) in [7, 11) is 3.84. The lowest BCUT2D eigenvalue weighted by atomic mass is 9.93. The minimum atomic E-state index is -0.200. The van der Waals surface area contributed by atoms with Crippen molar-refractivity contribution in [3.63, 3.8) is 0 Å². The third kappa shape index (κ3) is 3.19. The lowest BCUT2D eigenvalue weighted by molar-refractivity contribution is 0.0808. The summed E-state index contributed by atoms with van der Waals surface area (Å²) in [5.41, 5.74) is 1.01. The number of aliphatic hydroxyl groups is 2. The van der Waals surface area contributed by atoms with Crippen LogP contribution in [0.3, 0.4) is 0 Å². The van der Waals surface area contributed by atoms with Gasteiger partial charge in [0.25, 0.3) is 0 Å². The zero-order valence-electron chi connectivity index (χ0n) is 9.60. The fraction of sp³-hybridized carbons (Fsp3) is 0.500. The van der Waals surface area contributed by atoms with Crippen LogP contribution in [0.4, 0.5) is 0 Å². The van der Waals surface area contributed by atoms with Gasteiger partial charge in [-0.15, -0.1) is 0 Å². The molecule has 1 unspecified atom stereocenters. The first-order chi connectivity index (χ1) is 7.60. The average Bonchev–Trinajstić information content (AvgIpc) is 2.24. The van der Waals surface area contributed by atoms with Crippen molar-refractivity contribution < 1.29 is 10.2 Å². The number of hydrogen-bond donors (Lipinski definition) is 2. The minimum Gasteiger partial charge on any atom is -0.396 e. The fourth-order valence-electron chi connectivity index (χ4n) is 1.94. The highest BCUT2D eigenvalue weighted by Gasteiger charge is 2.24. The molecule has 2 N–H and O–H groups in total. The Labute approximate surface area is 101 Å². The summed E-state index contributed by atoms with van der Waals surface area (Å²) in [5, 5.41) is 19.2. The number of aliphatic hydroxyl groups excluding tert-OH is 2. The van der Waals surface area contributed by atoms with E-state index in [1.165, 1.54) is 0 Å². The van der Waals surface area contributed by atoms with Gasteiger partial charge in [0.05, 0.1) is 0 Å². The lowest BCUT2D eigenvalue weighted by Crippen LogP contribution is -2.31. The molecule has 0 spiro atoms. The van der Waals surface area contributed by atoms with Crippen LogP contribution in [0, 0.1) is 5.92 Å². The van der Waals surface area contributed by atoms with Gasteiger partial charge in [-0.25, -0.2) is 0 Å². The zero-order valence-corrected chi connectivity index (χ0v) is 10.4. The molecule has 0 fully saturated rings. The standard InChI is InChI=1S/C12H18ClNO2/c1-14(2)12(10(7-15)8-16)9-4-3-5-11(13)6-9/h3-6,10,12,15-16H,7-8H2,1-2H3. The largest absolute Gasteiger partial charge is 0.396 e. The Balaban J connectivity index is 3.02. The molecule has 0 radical (unpaired) electrons. The van der Waals surface area contributed by atoms with Gasteiger partial charge in [0.2, 0.25) is 0 Å². The van der Waals surface area contributed by atoms with Crippen LogP contribution in [0.5, 0.6) is 0 Å². The SMILES string of the molecule is CN(C)C(c1cccc(Cl)c1)C(CO)CO. The predicted molar refractivity (Wildman–Crippen MR) is 65.5 cm³/mol. The van der Waals surface area contributed by atoms with Crippen molar-refractivity contribution in [2.45, 2.75) is 6.04 Å². The maximum atomic E-state index is 9.26. The normalized spacial score (nSPS) is 13.4. The zero-order chi connectivity index (χ0) is 12.1. The smallest absolute Gasteiger partial charge is 0.0499 e. The Morgan fingerprint density at radius 2 is 1.88 bits per heavy atom. The number of nitrogens with zero attached hydrogens (tertiary/aromatic N) is 1. The first-order valence-electron chi connectivity index (χ1n) is 5.23. The van der Waals surface area contributed by atoms with Gasteiger partial charge < -0.3 is 15.1 Å². The number of hydrogen-bond acceptors (Lipinski definition) is 3. The van der Waals surface area contributed by atoms with E-state index in [-0.39, 0.29) is 25.2 Å². The number of halogens is 1. The van der Waals surface area contributed by atoms with Gasteiger partial charge in [-0.3, -0.25) is 0 Å². The van der Waals surface area contributed by atoms with Crippen LogP contribution in [0.2, 0.25) is 5.02 Å². The molecule has 0 bridgehead atoms. The molecule has 4 heteroatoms. The van der Waals surface area contributed by atoms with Crippen LogP contribution in [0.25, 0.3) is 0 Å². The second-order valence-electron chi connectivity index (χ2n) is 4.09. The monoisotopic (exact) mass is 243 g/mol. The molecule has 1 aromatic carbocycles. The molecule has 0 aromatic heterocycles. The summed E-state index contributed by atoms with van der Waals surface area (Å²) in [6, 6.07) is 7.47. The van der Waals surface area contributed by atoms with Crippen LogP contribution in [0.1, 0.15) is 11.6 Å². The molecule has 0 saturated heterocycles. The molecule has 0 amide bonds. The van der Waals surface area contributed by atoms with Gasteiger partial charge in [0.15, 0.2) is 0 Å². The van der Waals surface area contributed by atoms with E-state index in [9.17, 15) is 10.2 Å². The maximum Gasteiger partial charge on any atom is 0.0499 e. The summed E-state index contributed by atoms with van der Waals surface area (Å²) in [6.07, 6.45) is 0. The van der Waals surface area contributed by atoms with E-state index in [1.54, 1.807) is 0 Å². The van der Waals surface area contributed by atoms with Crippen LogP contribution in [0.15, 0.2) is 24.3 Å². The number of rotatable bonds is 5. The molecule has 1 rings (SSSR count). The van der Waals surface area contributed by atoms with Crippen LogP contribution >= 0.6 is 11.6 Å². The molecular formula is C12H18ClNO2. The van der Waals surface area contributed by atoms with E-state index in [1.807, 2.05) is 43.3 Å². The van der Waals surface area contributed by atoms with Gasteiger partial charge in [0.1, 0.15) is 0 Å². The summed E-state index contributed by atoms with van der Waals surface area (Å²) >= 11 is 5.94. The molecule has 1 atom stereocenters. The Morgan fingerprint density at radius 3 is 2.31 bits per heavy atom. The van der Waals surface area contributed by atoms with E-state index in [0.717, 1.165) is 5.56 Å². The highest BCUT2D eigenvalue weighted by Crippen LogP contribution is 2.28. The molecule has 1 aromatic rings. The quantitative estimate of drug-likeness (QED) is 0.825. The van der Waals surface area contributed by atoms with Crippen molar-refractivity contribution in [3.05, 3.63) is 34.9 Å². The van der Waals surface area contributed by atoms with Crippen molar-refractivity contribution in [1.29, 1.82) is 0 Å². The van der Waals surface area contributed by atoms with Crippen molar-refractivity contribution in [2.24, 2.45) is 5.92 Å². The van der Waals surface area contributed by atoms with E-state index in [4.69, 9.17) is 11.6 Å². The van der Waals surface area contributed by atoms with Gasteiger partial charge in [0, 0.05) is 30.2 Å². The minimum absolute atomic E-state index is 0.0336. The topological polar surface area (TPSA) is 43.7 Å². The first kappa shape index (κ1) is 13.5. The van der Waals surface area contributed by atoms with E-state index < -0.39 is 0 Å². The third-order valence-corrected chi connectivity index (χ3v) is 2.90. The van der Waals surface area contributed by atoms with Gasteiger partial charge >= 0.3 is 0 Å². The first-order valence-corrected chi connectivity index (χ1v) is 5.61. The molecule has 0 saturated carbocycles. The third-order valence-electron chi connectivity index (χ3n) is 2.66. The summed E-state index contributed by atoms with van der Waals surface area (Å²) in [6.45, 7) is -0.0995. The average molecular weight is 244 g/mol. The Hall–Kier alpha value is -0.610. The lowest BCUT2D eigenvalue weighted by Gasteiger charge is -2.30. The molecule has 0 aliphatic heterocycles. The van der Waals surface area contributed by atoms with Crippen molar-refractivity contribution in [3.8, 4) is 0 Å². The number of benzene rings is 1. The molecule has 3 nitrogen and oxygen atoms in total. The molecule has 0 aliphatic rings. The molecule has 0 aliphatic carbocycles. The second-order valence-corrected chi connectivity index (χ2v) is 4.53. The highest BCUT2D eigenvalue weighted by molar-refractivity contribution is 6.30. The van der Waals surface area contributed by atoms with Crippen LogP contribution < -0.4 is 0 Å². The van der Waals surface area contributed by atoms with Crippen LogP contribution in [-0.4, -0.2) is 42.4 Å². The van der Waals surface area contributed by atoms with Gasteiger partial charge in [-0.2, -0.15) is 0 Å². The van der Waals surface area contributed by atoms with Crippen molar-refractivity contribution in [1.82, 2.24) is 4.90 Å².